The molecule has 0 radical (unpaired) electrons. The molecule has 0 saturated carbocycles. The van der Waals surface area contributed by atoms with Crippen molar-refractivity contribution >= 4 is 11.8 Å². The van der Waals surface area contributed by atoms with E-state index in [1.54, 1.807) is 11.8 Å². The number of allylic oxidation sites excluding steroid dienone is 1. The van der Waals surface area contributed by atoms with E-state index in [0.717, 1.165) is 0 Å². The lowest BCUT2D eigenvalue weighted by atomic mass is 10.8. The van der Waals surface area contributed by atoms with Crippen molar-refractivity contribution in [2.45, 2.75) is 20.8 Å². The average molecular weight is 118 g/mol. The fraction of sp³-hybridized carbons (Fsp3) is 0.667. The highest BCUT2D eigenvalue weighted by Gasteiger charge is 1.51. The second-order valence-corrected chi connectivity index (χ2v) is 1.45. The first-order valence-electron chi connectivity index (χ1n) is 2.55. The molecule has 0 aromatic heterocycles. The Kier molecular flexibility index (Phi) is 24.0. The van der Waals surface area contributed by atoms with Crippen molar-refractivity contribution in [3.8, 4) is 0 Å². The topological polar surface area (TPSA) is 0 Å². The van der Waals surface area contributed by atoms with Crippen molar-refractivity contribution in [1.82, 2.24) is 0 Å². The molecule has 0 fully saturated rings. The molecule has 7 heavy (non-hydrogen) atoms. The molecule has 0 aliphatic heterocycles. The fourth-order valence-corrected chi connectivity index (χ4v) is 0.408. The van der Waals surface area contributed by atoms with Crippen molar-refractivity contribution in [1.29, 1.82) is 0 Å². The van der Waals surface area contributed by atoms with Crippen LogP contribution in [0.5, 0.6) is 0 Å². The van der Waals surface area contributed by atoms with E-state index in [-0.39, 0.29) is 0 Å². The Bertz CT molecular complexity index is 31.2. The maximum absolute atomic E-state index is 2.04. The smallest absolute Gasteiger partial charge is 0.0142 e. The monoisotopic (exact) mass is 118 g/mol. The molecular weight excluding hydrogens is 104 g/mol. The number of thioether (sulfide) groups is 1. The quantitative estimate of drug-likeness (QED) is 0.510. The van der Waals surface area contributed by atoms with Crippen LogP contribution in [0, 0.1) is 0 Å². The van der Waals surface area contributed by atoms with E-state index in [1.807, 2.05) is 38.5 Å². The largest absolute Gasteiger partial charge is 0.138 e. The van der Waals surface area contributed by atoms with Crippen LogP contribution in [0.15, 0.2) is 11.5 Å². The molecule has 0 saturated heterocycles. The standard InChI is InChI=1S/C4H8S.C2H6/c1-3-4-5-2;1-2/h3-4H,1-2H3;1-2H3/b4-3-;. The summed E-state index contributed by atoms with van der Waals surface area (Å²) in [6.07, 6.45) is 4.06. The van der Waals surface area contributed by atoms with Gasteiger partial charge >= 0.3 is 0 Å². The minimum Gasteiger partial charge on any atom is -0.138 e. The third kappa shape index (κ3) is 23.3. The van der Waals surface area contributed by atoms with Gasteiger partial charge in [0.1, 0.15) is 0 Å². The van der Waals surface area contributed by atoms with E-state index in [9.17, 15) is 0 Å². The minimum atomic E-state index is 1.72. The second-order valence-electron chi connectivity index (χ2n) is 0.705. The molecule has 0 amide bonds. The van der Waals surface area contributed by atoms with Crippen LogP contribution in [0.2, 0.25) is 0 Å². The van der Waals surface area contributed by atoms with Crippen LogP contribution in [0.3, 0.4) is 0 Å². The lowest BCUT2D eigenvalue weighted by Crippen LogP contribution is -1.34. The summed E-state index contributed by atoms with van der Waals surface area (Å²) in [4.78, 5) is 0. The first-order chi connectivity index (χ1) is 3.41. The van der Waals surface area contributed by atoms with Crippen LogP contribution in [0.25, 0.3) is 0 Å². The summed E-state index contributed by atoms with van der Waals surface area (Å²) < 4.78 is 0. The van der Waals surface area contributed by atoms with Crippen molar-refractivity contribution < 1.29 is 0 Å². The number of rotatable bonds is 1. The van der Waals surface area contributed by atoms with E-state index >= 15 is 0 Å². The van der Waals surface area contributed by atoms with E-state index in [4.69, 9.17) is 0 Å². The molecule has 0 bridgehead atoms. The van der Waals surface area contributed by atoms with Crippen LogP contribution in [-0.2, 0) is 0 Å². The molecule has 0 aromatic carbocycles. The molecule has 0 atom stereocenters. The molecule has 0 aliphatic carbocycles. The summed E-state index contributed by atoms with van der Waals surface area (Å²) in [5.74, 6) is 0. The van der Waals surface area contributed by atoms with Crippen LogP contribution in [-0.4, -0.2) is 6.26 Å². The van der Waals surface area contributed by atoms with E-state index in [0.29, 0.717) is 0 Å². The van der Waals surface area contributed by atoms with Crippen molar-refractivity contribution in [3.63, 3.8) is 0 Å². The summed E-state index contributed by atoms with van der Waals surface area (Å²) in [5, 5.41) is 2.04. The summed E-state index contributed by atoms with van der Waals surface area (Å²) in [6.45, 7) is 6.01. The second kappa shape index (κ2) is 16.5. The van der Waals surface area contributed by atoms with Crippen LogP contribution >= 0.6 is 11.8 Å². The van der Waals surface area contributed by atoms with Crippen molar-refractivity contribution in [3.05, 3.63) is 11.5 Å². The Morgan fingerprint density at radius 3 is 1.71 bits per heavy atom. The molecular formula is C6H14S. The Labute approximate surface area is 51.0 Å². The predicted molar refractivity (Wildman–Crippen MR) is 39.7 cm³/mol. The summed E-state index contributed by atoms with van der Waals surface area (Å²) in [5.41, 5.74) is 0. The van der Waals surface area contributed by atoms with Gasteiger partial charge in [-0.25, -0.2) is 0 Å². The molecule has 0 aromatic rings. The van der Waals surface area contributed by atoms with Gasteiger partial charge in [0, 0.05) is 0 Å². The van der Waals surface area contributed by atoms with E-state index < -0.39 is 0 Å². The third-order valence-corrected chi connectivity index (χ3v) is 0.816. The molecule has 0 spiro atoms. The first kappa shape index (κ1) is 10.1. The normalized spacial score (nSPS) is 8.00. The van der Waals surface area contributed by atoms with Gasteiger partial charge in [0.15, 0.2) is 0 Å². The molecule has 0 heterocycles. The zero-order chi connectivity index (χ0) is 6.12. The maximum Gasteiger partial charge on any atom is -0.0142 e. The Balaban J connectivity index is 0. The fourth-order valence-electron chi connectivity index (χ4n) is 0.136. The molecule has 1 heteroatoms. The highest BCUT2D eigenvalue weighted by Crippen LogP contribution is 1.89. The third-order valence-electron chi connectivity index (χ3n) is 0.272. The Hall–Kier alpha value is 0.0900. The van der Waals surface area contributed by atoms with Gasteiger partial charge in [0.2, 0.25) is 0 Å². The zero-order valence-corrected chi connectivity index (χ0v) is 6.38. The predicted octanol–water partition coefficient (Wildman–Crippen LogP) is 2.91. The van der Waals surface area contributed by atoms with Gasteiger partial charge in [-0.1, -0.05) is 19.9 Å². The van der Waals surface area contributed by atoms with Gasteiger partial charge < -0.3 is 0 Å². The maximum atomic E-state index is 2.04. The van der Waals surface area contributed by atoms with Gasteiger partial charge in [0.25, 0.3) is 0 Å². The minimum absolute atomic E-state index is 1.72. The average Bonchev–Trinajstić information content (AvgIpc) is 1.75. The molecule has 0 nitrogen and oxygen atoms in total. The van der Waals surface area contributed by atoms with Gasteiger partial charge in [-0.15, -0.1) is 11.8 Å². The van der Waals surface area contributed by atoms with Crippen LogP contribution < -0.4 is 0 Å². The number of hydrogen-bond acceptors (Lipinski definition) is 1. The molecule has 0 aliphatic rings. The number of hydrogen-bond donors (Lipinski definition) is 0. The van der Waals surface area contributed by atoms with Gasteiger partial charge in [-0.3, -0.25) is 0 Å². The Morgan fingerprint density at radius 2 is 1.71 bits per heavy atom. The summed E-state index contributed by atoms with van der Waals surface area (Å²) in [7, 11) is 0. The molecule has 0 unspecified atom stereocenters. The molecule has 0 N–H and O–H groups in total. The SMILES string of the molecule is C/C=C\SC.CC. The summed E-state index contributed by atoms with van der Waals surface area (Å²) in [6, 6.07) is 0. The highest BCUT2D eigenvalue weighted by atomic mass is 32.2. The lowest BCUT2D eigenvalue weighted by molar-refractivity contribution is 1.50. The first-order valence-corrected chi connectivity index (χ1v) is 3.84. The van der Waals surface area contributed by atoms with Gasteiger partial charge in [-0.05, 0) is 18.6 Å². The lowest BCUT2D eigenvalue weighted by Gasteiger charge is -1.66. The van der Waals surface area contributed by atoms with Crippen LogP contribution in [0.4, 0.5) is 0 Å². The van der Waals surface area contributed by atoms with Gasteiger partial charge in [-0.2, -0.15) is 0 Å². The van der Waals surface area contributed by atoms with E-state index in [1.165, 1.54) is 0 Å². The highest BCUT2D eigenvalue weighted by molar-refractivity contribution is 8.01. The Morgan fingerprint density at radius 1 is 1.29 bits per heavy atom. The van der Waals surface area contributed by atoms with Crippen LogP contribution in [0.1, 0.15) is 20.8 Å². The van der Waals surface area contributed by atoms with Crippen molar-refractivity contribution in [2.24, 2.45) is 0 Å². The molecule has 0 rings (SSSR count). The summed E-state index contributed by atoms with van der Waals surface area (Å²) >= 11 is 1.72. The van der Waals surface area contributed by atoms with E-state index in [2.05, 4.69) is 0 Å². The van der Waals surface area contributed by atoms with Gasteiger partial charge in [0.05, 0.1) is 0 Å². The van der Waals surface area contributed by atoms with Crippen molar-refractivity contribution in [2.75, 3.05) is 6.26 Å². The molecule has 44 valence electrons. The zero-order valence-electron chi connectivity index (χ0n) is 5.56.